The van der Waals surface area contributed by atoms with Crippen LogP contribution in [-0.2, 0) is 9.84 Å². The Hall–Kier alpha value is -2.34. The van der Waals surface area contributed by atoms with Gasteiger partial charge in [0.1, 0.15) is 0 Å². The van der Waals surface area contributed by atoms with E-state index in [4.69, 9.17) is 0 Å². The molecule has 1 aliphatic heterocycles. The van der Waals surface area contributed by atoms with E-state index in [9.17, 15) is 8.42 Å². The molecule has 0 amide bonds. The zero-order chi connectivity index (χ0) is 19.3. The lowest BCUT2D eigenvalue weighted by atomic mass is 9.94. The molecule has 1 aliphatic rings. The van der Waals surface area contributed by atoms with E-state index >= 15 is 0 Å². The zero-order valence-corrected chi connectivity index (χ0v) is 16.7. The molecule has 1 atom stereocenters. The fraction of sp³-hybridized carbons (Fsp3) is 0.381. The highest BCUT2D eigenvalue weighted by Crippen LogP contribution is 2.29. The minimum absolute atomic E-state index is 0.0467. The lowest BCUT2D eigenvalue weighted by molar-refractivity contribution is 0.488. The van der Waals surface area contributed by atoms with E-state index in [1.54, 1.807) is 31.3 Å². The second-order valence-electron chi connectivity index (χ2n) is 6.89. The first kappa shape index (κ1) is 19.4. The van der Waals surface area contributed by atoms with Gasteiger partial charge in [-0.1, -0.05) is 42.5 Å². The van der Waals surface area contributed by atoms with Crippen molar-refractivity contribution in [2.75, 3.05) is 32.4 Å². The second-order valence-corrected chi connectivity index (χ2v) is 9.00. The fourth-order valence-electron chi connectivity index (χ4n) is 3.63. The molecule has 3 rings (SSSR count). The van der Waals surface area contributed by atoms with Crippen molar-refractivity contribution >= 4 is 15.8 Å². The van der Waals surface area contributed by atoms with Crippen LogP contribution in [0.3, 0.4) is 0 Å². The topological polar surface area (TPSA) is 61.8 Å². The normalized spacial score (nSPS) is 17.9. The molecular weight excluding hydrogens is 358 g/mol. The average Bonchev–Trinajstić information content (AvgIpc) is 3.16. The van der Waals surface area contributed by atoms with Crippen molar-refractivity contribution in [1.82, 2.24) is 10.2 Å². The van der Waals surface area contributed by atoms with E-state index in [0.29, 0.717) is 17.4 Å². The summed E-state index contributed by atoms with van der Waals surface area (Å²) in [6.07, 6.45) is 1.08. The highest BCUT2D eigenvalue weighted by Gasteiger charge is 2.27. The van der Waals surface area contributed by atoms with E-state index in [1.807, 2.05) is 6.07 Å². The summed E-state index contributed by atoms with van der Waals surface area (Å²) in [5.41, 5.74) is 2.71. The number of nitrogens with zero attached hydrogens (tertiary/aromatic N) is 2. The van der Waals surface area contributed by atoms with Gasteiger partial charge in [-0.2, -0.15) is 0 Å². The minimum atomic E-state index is -3.28. The van der Waals surface area contributed by atoms with Crippen molar-refractivity contribution in [1.29, 1.82) is 0 Å². The van der Waals surface area contributed by atoms with Crippen molar-refractivity contribution in [2.24, 2.45) is 4.99 Å². The molecule has 1 heterocycles. The van der Waals surface area contributed by atoms with Crippen molar-refractivity contribution in [2.45, 2.75) is 24.2 Å². The van der Waals surface area contributed by atoms with Gasteiger partial charge in [-0.05, 0) is 36.6 Å². The molecule has 1 fully saturated rings. The number of sulfone groups is 1. The lowest BCUT2D eigenvalue weighted by Crippen LogP contribution is -2.41. The summed E-state index contributed by atoms with van der Waals surface area (Å²) < 4.78 is 24.8. The van der Waals surface area contributed by atoms with Gasteiger partial charge in [-0.3, -0.25) is 4.99 Å². The Balaban J connectivity index is 1.57. The Morgan fingerprint density at radius 1 is 1.15 bits per heavy atom. The Morgan fingerprint density at radius 2 is 1.85 bits per heavy atom. The van der Waals surface area contributed by atoms with Gasteiger partial charge in [0, 0.05) is 32.6 Å². The molecule has 0 bridgehead atoms. The minimum Gasteiger partial charge on any atom is -0.355 e. The molecule has 1 saturated heterocycles. The third-order valence-electron chi connectivity index (χ3n) is 5.08. The van der Waals surface area contributed by atoms with Crippen LogP contribution in [0.15, 0.2) is 64.5 Å². The van der Waals surface area contributed by atoms with Crippen LogP contribution in [0.25, 0.3) is 0 Å². The predicted octanol–water partition coefficient (Wildman–Crippen LogP) is 2.83. The van der Waals surface area contributed by atoms with Crippen LogP contribution in [0.4, 0.5) is 0 Å². The van der Waals surface area contributed by atoms with Gasteiger partial charge < -0.3 is 10.2 Å². The quantitative estimate of drug-likeness (QED) is 0.635. The predicted molar refractivity (Wildman–Crippen MR) is 110 cm³/mol. The first-order valence-corrected chi connectivity index (χ1v) is 11.0. The monoisotopic (exact) mass is 385 g/mol. The molecule has 1 N–H and O–H groups in total. The van der Waals surface area contributed by atoms with Crippen LogP contribution in [0.5, 0.6) is 0 Å². The first-order chi connectivity index (χ1) is 13.0. The Labute approximate surface area is 162 Å². The van der Waals surface area contributed by atoms with Crippen LogP contribution >= 0.6 is 0 Å². The Bertz CT molecular complexity index is 895. The van der Waals surface area contributed by atoms with Crippen LogP contribution < -0.4 is 5.32 Å². The summed E-state index contributed by atoms with van der Waals surface area (Å²) >= 11 is 0. The molecule has 2 aromatic rings. The van der Waals surface area contributed by atoms with E-state index in [1.165, 1.54) is 11.1 Å². The van der Waals surface area contributed by atoms with Crippen molar-refractivity contribution in [3.63, 3.8) is 0 Å². The van der Waals surface area contributed by atoms with Crippen LogP contribution in [-0.4, -0.2) is 51.7 Å². The van der Waals surface area contributed by atoms with Crippen LogP contribution in [0.2, 0.25) is 0 Å². The number of guanidine groups is 1. The lowest BCUT2D eigenvalue weighted by Gasteiger charge is -2.22. The van der Waals surface area contributed by atoms with Gasteiger partial charge in [0.2, 0.25) is 0 Å². The van der Waals surface area contributed by atoms with Gasteiger partial charge in [0.15, 0.2) is 15.8 Å². The molecule has 5 nitrogen and oxygen atoms in total. The third kappa shape index (κ3) is 4.69. The van der Waals surface area contributed by atoms with Gasteiger partial charge in [0.05, 0.1) is 10.6 Å². The first-order valence-electron chi connectivity index (χ1n) is 9.30. The van der Waals surface area contributed by atoms with Crippen LogP contribution in [0, 0.1) is 6.92 Å². The highest BCUT2D eigenvalue weighted by atomic mass is 32.2. The number of benzene rings is 2. The summed E-state index contributed by atoms with van der Waals surface area (Å²) in [6, 6.07) is 17.1. The second kappa shape index (κ2) is 8.57. The SMILES string of the molecule is CN=C(NCCS(=O)(=O)c1ccccc1)N1CCC(c2ccccc2C)C1. The van der Waals surface area contributed by atoms with Crippen LogP contribution in [0.1, 0.15) is 23.5 Å². The molecule has 0 spiro atoms. The molecule has 1 unspecified atom stereocenters. The van der Waals surface area contributed by atoms with E-state index in [2.05, 4.69) is 46.4 Å². The summed E-state index contributed by atoms with van der Waals surface area (Å²) in [6.45, 7) is 4.31. The average molecular weight is 386 g/mol. The molecule has 6 heteroatoms. The zero-order valence-electron chi connectivity index (χ0n) is 15.9. The number of likely N-dealkylation sites (tertiary alicyclic amines) is 1. The molecular formula is C21H27N3O2S. The number of aryl methyl sites for hydroxylation is 1. The van der Waals surface area contributed by atoms with Gasteiger partial charge in [-0.25, -0.2) is 8.42 Å². The number of aliphatic imine (C=N–C) groups is 1. The largest absolute Gasteiger partial charge is 0.355 e. The van der Waals surface area contributed by atoms with Gasteiger partial charge in [0.25, 0.3) is 0 Å². The van der Waals surface area contributed by atoms with E-state index < -0.39 is 9.84 Å². The molecule has 0 saturated carbocycles. The molecule has 0 aromatic heterocycles. The molecule has 144 valence electrons. The molecule has 27 heavy (non-hydrogen) atoms. The Morgan fingerprint density at radius 3 is 2.56 bits per heavy atom. The number of hydrogen-bond donors (Lipinski definition) is 1. The summed E-state index contributed by atoms with van der Waals surface area (Å²) in [4.78, 5) is 6.93. The number of rotatable bonds is 5. The summed E-state index contributed by atoms with van der Waals surface area (Å²) in [5.74, 6) is 1.30. The summed E-state index contributed by atoms with van der Waals surface area (Å²) in [5, 5.41) is 3.22. The van der Waals surface area contributed by atoms with Gasteiger partial charge in [-0.15, -0.1) is 0 Å². The van der Waals surface area contributed by atoms with E-state index in [-0.39, 0.29) is 5.75 Å². The maximum atomic E-state index is 12.4. The smallest absolute Gasteiger partial charge is 0.193 e. The number of nitrogens with one attached hydrogen (secondary N) is 1. The number of hydrogen-bond acceptors (Lipinski definition) is 3. The third-order valence-corrected chi connectivity index (χ3v) is 6.82. The van der Waals surface area contributed by atoms with E-state index in [0.717, 1.165) is 25.5 Å². The van der Waals surface area contributed by atoms with Crippen molar-refractivity contribution in [3.05, 3.63) is 65.7 Å². The molecule has 0 aliphatic carbocycles. The molecule has 2 aromatic carbocycles. The fourth-order valence-corrected chi connectivity index (χ4v) is 4.80. The maximum absolute atomic E-state index is 12.4. The van der Waals surface area contributed by atoms with Crippen molar-refractivity contribution in [3.8, 4) is 0 Å². The standard InChI is InChI=1S/C21H27N3O2S/c1-17-8-6-7-11-20(17)18-12-14-24(16-18)21(22-2)23-13-15-27(25,26)19-9-4-3-5-10-19/h3-11,18H,12-16H2,1-2H3,(H,22,23). The van der Waals surface area contributed by atoms with Gasteiger partial charge >= 0.3 is 0 Å². The maximum Gasteiger partial charge on any atom is 0.193 e. The van der Waals surface area contributed by atoms with Crippen molar-refractivity contribution < 1.29 is 8.42 Å². The highest BCUT2D eigenvalue weighted by molar-refractivity contribution is 7.91. The molecule has 0 radical (unpaired) electrons. The Kier molecular flexibility index (Phi) is 6.16. The summed E-state index contributed by atoms with van der Waals surface area (Å²) in [7, 11) is -1.54.